The van der Waals surface area contributed by atoms with E-state index < -0.39 is 0 Å². The van der Waals surface area contributed by atoms with E-state index in [1.807, 2.05) is 0 Å². The Bertz CT molecular complexity index is 527. The number of amides is 2. The number of benzene rings is 1. The number of carbonyl (C=O) groups excluding carboxylic acids is 2. The lowest BCUT2D eigenvalue weighted by molar-refractivity contribution is -0.131. The van der Waals surface area contributed by atoms with E-state index in [2.05, 4.69) is 5.32 Å². The van der Waals surface area contributed by atoms with E-state index in [1.165, 1.54) is 19.1 Å². The Morgan fingerprint density at radius 3 is 2.70 bits per heavy atom. The van der Waals surface area contributed by atoms with Gasteiger partial charge in [0, 0.05) is 39.6 Å². The Kier molecular flexibility index (Phi) is 6.52. The summed E-state index contributed by atoms with van der Waals surface area (Å²) in [6, 6.07) is 5.99. The summed E-state index contributed by atoms with van der Waals surface area (Å²) in [5.41, 5.74) is 0.836. The highest BCUT2D eigenvalue weighted by molar-refractivity contribution is 5.78. The molecule has 5 nitrogen and oxygen atoms in total. The smallest absolute Gasteiger partial charge is 0.222 e. The van der Waals surface area contributed by atoms with Gasteiger partial charge >= 0.3 is 0 Å². The van der Waals surface area contributed by atoms with Crippen molar-refractivity contribution in [1.29, 1.82) is 0 Å². The molecule has 1 aliphatic heterocycles. The van der Waals surface area contributed by atoms with Crippen molar-refractivity contribution in [2.75, 3.05) is 19.7 Å². The van der Waals surface area contributed by atoms with Gasteiger partial charge in [0.05, 0.1) is 6.10 Å². The SMILES string of the molecule is CC(=O)N(CCC(=O)NCc1ccc(F)cc1)CC1CCCO1. The quantitative estimate of drug-likeness (QED) is 0.833. The summed E-state index contributed by atoms with van der Waals surface area (Å²) in [6.07, 6.45) is 2.31. The van der Waals surface area contributed by atoms with Crippen LogP contribution in [0.3, 0.4) is 0 Å². The second kappa shape index (κ2) is 8.62. The van der Waals surface area contributed by atoms with Gasteiger partial charge in [0.1, 0.15) is 5.82 Å². The van der Waals surface area contributed by atoms with E-state index in [1.54, 1.807) is 17.0 Å². The van der Waals surface area contributed by atoms with Crippen LogP contribution in [-0.4, -0.2) is 42.5 Å². The first-order chi connectivity index (χ1) is 11.0. The summed E-state index contributed by atoms with van der Waals surface area (Å²) in [5, 5.41) is 2.78. The Balaban J connectivity index is 1.72. The van der Waals surface area contributed by atoms with Crippen molar-refractivity contribution in [1.82, 2.24) is 10.2 Å². The molecular formula is C17H23FN2O3. The minimum atomic E-state index is -0.300. The van der Waals surface area contributed by atoms with Crippen LogP contribution in [0.15, 0.2) is 24.3 Å². The third-order valence-electron chi connectivity index (χ3n) is 3.91. The minimum Gasteiger partial charge on any atom is -0.376 e. The van der Waals surface area contributed by atoms with Crippen molar-refractivity contribution in [3.05, 3.63) is 35.6 Å². The molecule has 0 aromatic heterocycles. The van der Waals surface area contributed by atoms with Gasteiger partial charge < -0.3 is 15.0 Å². The highest BCUT2D eigenvalue weighted by Gasteiger charge is 2.21. The molecule has 126 valence electrons. The van der Waals surface area contributed by atoms with E-state index >= 15 is 0 Å². The van der Waals surface area contributed by atoms with Crippen LogP contribution in [0.2, 0.25) is 0 Å². The molecule has 1 aliphatic rings. The number of ether oxygens (including phenoxy) is 1. The van der Waals surface area contributed by atoms with Gasteiger partial charge in [-0.05, 0) is 30.5 Å². The number of hydrogen-bond acceptors (Lipinski definition) is 3. The maximum absolute atomic E-state index is 12.8. The lowest BCUT2D eigenvalue weighted by atomic mass is 10.2. The van der Waals surface area contributed by atoms with E-state index in [0.717, 1.165) is 25.0 Å². The zero-order valence-electron chi connectivity index (χ0n) is 13.4. The summed E-state index contributed by atoms with van der Waals surface area (Å²) < 4.78 is 18.3. The molecule has 1 atom stereocenters. The molecule has 2 rings (SSSR count). The summed E-state index contributed by atoms with van der Waals surface area (Å²) in [6.45, 7) is 3.52. The third kappa shape index (κ3) is 5.98. The van der Waals surface area contributed by atoms with Crippen LogP contribution < -0.4 is 5.32 Å². The fraction of sp³-hybridized carbons (Fsp3) is 0.529. The molecule has 6 heteroatoms. The summed E-state index contributed by atoms with van der Waals surface area (Å²) >= 11 is 0. The third-order valence-corrected chi connectivity index (χ3v) is 3.91. The molecule has 1 N–H and O–H groups in total. The van der Waals surface area contributed by atoms with Crippen molar-refractivity contribution in [2.24, 2.45) is 0 Å². The molecule has 0 bridgehead atoms. The van der Waals surface area contributed by atoms with Gasteiger partial charge in [-0.25, -0.2) is 4.39 Å². The molecule has 1 heterocycles. The van der Waals surface area contributed by atoms with Crippen LogP contribution in [0.5, 0.6) is 0 Å². The zero-order chi connectivity index (χ0) is 16.7. The summed E-state index contributed by atoms with van der Waals surface area (Å²) in [5.74, 6) is -0.481. The lowest BCUT2D eigenvalue weighted by Gasteiger charge is -2.23. The molecule has 1 aromatic carbocycles. The van der Waals surface area contributed by atoms with Crippen molar-refractivity contribution >= 4 is 11.8 Å². The molecule has 0 radical (unpaired) electrons. The fourth-order valence-corrected chi connectivity index (χ4v) is 2.54. The monoisotopic (exact) mass is 322 g/mol. The Labute approximate surface area is 135 Å². The first-order valence-electron chi connectivity index (χ1n) is 7.93. The van der Waals surface area contributed by atoms with Crippen LogP contribution in [-0.2, 0) is 20.9 Å². The molecule has 1 unspecified atom stereocenters. The van der Waals surface area contributed by atoms with Gasteiger partial charge in [0.25, 0.3) is 0 Å². The average Bonchev–Trinajstić information content (AvgIpc) is 3.03. The molecule has 0 spiro atoms. The van der Waals surface area contributed by atoms with Crippen LogP contribution in [0.4, 0.5) is 4.39 Å². The highest BCUT2D eigenvalue weighted by Crippen LogP contribution is 2.13. The van der Waals surface area contributed by atoms with Crippen molar-refractivity contribution in [2.45, 2.75) is 38.8 Å². The number of hydrogen-bond donors (Lipinski definition) is 1. The molecule has 0 aliphatic carbocycles. The largest absolute Gasteiger partial charge is 0.376 e. The zero-order valence-corrected chi connectivity index (χ0v) is 13.4. The topological polar surface area (TPSA) is 58.6 Å². The van der Waals surface area contributed by atoms with Gasteiger partial charge in [-0.1, -0.05) is 12.1 Å². The molecular weight excluding hydrogens is 299 g/mol. The van der Waals surface area contributed by atoms with Crippen LogP contribution in [0.1, 0.15) is 31.7 Å². The summed E-state index contributed by atoms with van der Waals surface area (Å²) in [7, 11) is 0. The molecule has 1 fully saturated rings. The standard InChI is InChI=1S/C17H23FN2O3/c1-13(21)20(12-16-3-2-10-23-16)9-8-17(22)19-11-14-4-6-15(18)7-5-14/h4-7,16H,2-3,8-12H2,1H3,(H,19,22). The maximum Gasteiger partial charge on any atom is 0.222 e. The molecule has 2 amide bonds. The first kappa shape index (κ1) is 17.4. The number of nitrogens with one attached hydrogen (secondary N) is 1. The summed E-state index contributed by atoms with van der Waals surface area (Å²) in [4.78, 5) is 25.2. The van der Waals surface area contributed by atoms with Gasteiger partial charge in [-0.2, -0.15) is 0 Å². The van der Waals surface area contributed by atoms with Crippen molar-refractivity contribution < 1.29 is 18.7 Å². The van der Waals surface area contributed by atoms with E-state index in [-0.39, 0.29) is 30.2 Å². The average molecular weight is 322 g/mol. The predicted octanol–water partition coefficient (Wildman–Crippen LogP) is 1.86. The Hall–Kier alpha value is -1.95. The molecule has 1 saturated heterocycles. The number of nitrogens with zero attached hydrogens (tertiary/aromatic N) is 1. The second-order valence-corrected chi connectivity index (χ2v) is 5.75. The van der Waals surface area contributed by atoms with Crippen molar-refractivity contribution in [3.8, 4) is 0 Å². The van der Waals surface area contributed by atoms with Gasteiger partial charge in [-0.15, -0.1) is 0 Å². The second-order valence-electron chi connectivity index (χ2n) is 5.75. The maximum atomic E-state index is 12.8. The molecule has 23 heavy (non-hydrogen) atoms. The van der Waals surface area contributed by atoms with E-state index in [0.29, 0.717) is 19.6 Å². The normalized spacial score (nSPS) is 17.0. The van der Waals surface area contributed by atoms with E-state index in [9.17, 15) is 14.0 Å². The Morgan fingerprint density at radius 2 is 2.09 bits per heavy atom. The van der Waals surface area contributed by atoms with Crippen LogP contribution in [0, 0.1) is 5.82 Å². The van der Waals surface area contributed by atoms with Crippen LogP contribution >= 0.6 is 0 Å². The highest BCUT2D eigenvalue weighted by atomic mass is 19.1. The fourth-order valence-electron chi connectivity index (χ4n) is 2.54. The van der Waals surface area contributed by atoms with Gasteiger partial charge in [0.15, 0.2) is 0 Å². The first-order valence-corrected chi connectivity index (χ1v) is 7.93. The van der Waals surface area contributed by atoms with Gasteiger partial charge in [-0.3, -0.25) is 9.59 Å². The van der Waals surface area contributed by atoms with Crippen molar-refractivity contribution in [3.63, 3.8) is 0 Å². The van der Waals surface area contributed by atoms with Crippen LogP contribution in [0.25, 0.3) is 0 Å². The number of carbonyl (C=O) groups is 2. The number of halogens is 1. The predicted molar refractivity (Wildman–Crippen MR) is 84.1 cm³/mol. The minimum absolute atomic E-state index is 0.0492. The lowest BCUT2D eigenvalue weighted by Crippen LogP contribution is -2.38. The molecule has 1 aromatic rings. The number of rotatable bonds is 7. The van der Waals surface area contributed by atoms with Gasteiger partial charge in [0.2, 0.25) is 11.8 Å². The van der Waals surface area contributed by atoms with E-state index in [4.69, 9.17) is 4.74 Å². The molecule has 0 saturated carbocycles. The Morgan fingerprint density at radius 1 is 1.35 bits per heavy atom.